The van der Waals surface area contributed by atoms with Crippen molar-refractivity contribution in [1.29, 1.82) is 0 Å². The molecule has 0 bridgehead atoms. The molecule has 0 saturated heterocycles. The van der Waals surface area contributed by atoms with Crippen molar-refractivity contribution in [2.75, 3.05) is 41.8 Å². The Balaban J connectivity index is 2.32. The summed E-state index contributed by atoms with van der Waals surface area (Å²) in [5, 5.41) is 0.686. The van der Waals surface area contributed by atoms with E-state index in [1.807, 2.05) is 13.0 Å². The lowest BCUT2D eigenvalue weighted by Crippen LogP contribution is -2.16. The Bertz CT molecular complexity index is 1150. The van der Waals surface area contributed by atoms with E-state index in [2.05, 4.69) is 4.98 Å². The fourth-order valence-electron chi connectivity index (χ4n) is 3.58. The number of ketones is 1. The van der Waals surface area contributed by atoms with Gasteiger partial charge in [-0.1, -0.05) is 0 Å². The Morgan fingerprint density at radius 2 is 1.47 bits per heavy atom. The number of hydrogen-bond donors (Lipinski definition) is 1. The van der Waals surface area contributed by atoms with E-state index in [4.69, 9.17) is 18.9 Å². The lowest BCUT2D eigenvalue weighted by Gasteiger charge is -2.14. The lowest BCUT2D eigenvalue weighted by molar-refractivity contribution is 0.104. The zero-order chi connectivity index (χ0) is 22.2. The van der Waals surface area contributed by atoms with Gasteiger partial charge in [-0.15, -0.1) is 0 Å². The van der Waals surface area contributed by atoms with E-state index in [-0.39, 0.29) is 5.78 Å². The number of aromatic nitrogens is 1. The number of fused-ring (bicyclic) bond motifs is 1. The molecule has 0 amide bonds. The van der Waals surface area contributed by atoms with Crippen molar-refractivity contribution in [2.24, 2.45) is 0 Å². The Kier molecular flexibility index (Phi) is 5.86. The van der Waals surface area contributed by atoms with Crippen LogP contribution in [0.4, 0.5) is 0 Å². The van der Waals surface area contributed by atoms with Gasteiger partial charge in [0, 0.05) is 16.5 Å². The van der Waals surface area contributed by atoms with Crippen LogP contribution < -0.4 is 24.4 Å². The van der Waals surface area contributed by atoms with Crippen LogP contribution in [0.5, 0.6) is 23.0 Å². The number of H-pyrrole nitrogens is 1. The third-order valence-electron chi connectivity index (χ3n) is 5.08. The van der Waals surface area contributed by atoms with Crippen LogP contribution in [0.1, 0.15) is 21.5 Å². The maximum atomic E-state index is 13.7. The van der Waals surface area contributed by atoms with Gasteiger partial charge in [-0.3, -0.25) is 4.79 Å². The van der Waals surface area contributed by atoms with E-state index >= 15 is 0 Å². The van der Waals surface area contributed by atoms with Crippen molar-refractivity contribution in [3.05, 3.63) is 41.0 Å². The molecule has 1 N–H and O–H groups in total. The van der Waals surface area contributed by atoms with Gasteiger partial charge in [0.15, 0.2) is 17.3 Å². The van der Waals surface area contributed by atoms with Gasteiger partial charge in [0.1, 0.15) is 12.9 Å². The summed E-state index contributed by atoms with van der Waals surface area (Å²) >= 11 is 0. The van der Waals surface area contributed by atoms with Gasteiger partial charge >= 0.3 is 0 Å². The molecule has 2 aromatic carbocycles. The zero-order valence-corrected chi connectivity index (χ0v) is 19.1. The third-order valence-corrected chi connectivity index (χ3v) is 6.49. The Morgan fingerprint density at radius 1 is 0.900 bits per heavy atom. The molecule has 0 aliphatic heterocycles. The van der Waals surface area contributed by atoms with Gasteiger partial charge in [0.05, 0.1) is 45.0 Å². The first-order valence-corrected chi connectivity index (χ1v) is 11.9. The number of benzene rings is 2. The molecule has 0 atom stereocenters. The average molecular weight is 431 g/mol. The molecule has 0 aliphatic rings. The fraction of sp³-hybridized carbons (Fsp3) is 0.318. The van der Waals surface area contributed by atoms with Crippen LogP contribution in [0.15, 0.2) is 24.3 Å². The number of ether oxygens (including phenoxy) is 4. The molecule has 160 valence electrons. The standard InChI is InChI=1S/C22H26NO6P/c1-12-15(26-2)9-8-14-18(22(23-19(12)14)30(6,7)25)20(24)13-10-16(27-3)21(29-5)17(11-13)28-4/h8-11,23H,1-7H3. The SMILES string of the molecule is COc1cc(C(=O)c2c(P(C)(C)=O)[nH]c3c(C)c(OC)ccc23)cc(OC)c1OC. The number of aromatic amines is 1. The van der Waals surface area contributed by atoms with Gasteiger partial charge in [0.25, 0.3) is 0 Å². The van der Waals surface area contributed by atoms with Crippen LogP contribution in [-0.4, -0.2) is 52.5 Å². The lowest BCUT2D eigenvalue weighted by atomic mass is 10.0. The highest BCUT2D eigenvalue weighted by Crippen LogP contribution is 2.42. The molecular weight excluding hydrogens is 405 g/mol. The predicted octanol–water partition coefficient (Wildman–Crippen LogP) is 3.99. The second kappa shape index (κ2) is 8.07. The summed E-state index contributed by atoms with van der Waals surface area (Å²) in [6.45, 7) is 5.16. The van der Waals surface area contributed by atoms with Gasteiger partial charge in [-0.05, 0) is 44.5 Å². The Morgan fingerprint density at radius 3 is 1.93 bits per heavy atom. The largest absolute Gasteiger partial charge is 0.496 e. The van der Waals surface area contributed by atoms with Crippen molar-refractivity contribution in [3.8, 4) is 23.0 Å². The van der Waals surface area contributed by atoms with Crippen molar-refractivity contribution < 1.29 is 28.3 Å². The molecule has 0 saturated carbocycles. The second-order valence-corrected chi connectivity index (χ2v) is 10.4. The van der Waals surface area contributed by atoms with E-state index in [0.717, 1.165) is 11.1 Å². The van der Waals surface area contributed by atoms with Crippen LogP contribution in [0.25, 0.3) is 10.9 Å². The highest BCUT2D eigenvalue weighted by Gasteiger charge is 2.29. The molecular formula is C22H26NO6P. The molecule has 0 unspecified atom stereocenters. The second-order valence-electron chi connectivity index (χ2n) is 7.26. The Labute approximate surface area is 175 Å². The van der Waals surface area contributed by atoms with Crippen LogP contribution >= 0.6 is 7.14 Å². The quantitative estimate of drug-likeness (QED) is 0.450. The molecule has 3 rings (SSSR count). The van der Waals surface area contributed by atoms with Gasteiger partial charge in [-0.25, -0.2) is 0 Å². The van der Waals surface area contributed by atoms with Crippen molar-refractivity contribution >= 4 is 29.3 Å². The summed E-state index contributed by atoms with van der Waals surface area (Å²) < 4.78 is 34.6. The van der Waals surface area contributed by atoms with Gasteiger partial charge < -0.3 is 28.5 Å². The molecule has 0 radical (unpaired) electrons. The first-order valence-electron chi connectivity index (χ1n) is 9.27. The minimum atomic E-state index is -2.80. The monoisotopic (exact) mass is 431 g/mol. The van der Waals surface area contributed by atoms with E-state index < -0.39 is 7.14 Å². The zero-order valence-electron chi connectivity index (χ0n) is 18.2. The summed E-state index contributed by atoms with van der Waals surface area (Å²) in [6, 6.07) is 6.80. The first kappa shape index (κ1) is 21.8. The van der Waals surface area contributed by atoms with E-state index in [1.165, 1.54) is 21.3 Å². The maximum Gasteiger partial charge on any atom is 0.203 e. The molecule has 0 aliphatic carbocycles. The summed E-state index contributed by atoms with van der Waals surface area (Å²) in [7, 11) is 3.27. The normalized spacial score (nSPS) is 11.4. The number of aryl methyl sites for hydroxylation is 1. The molecule has 7 nitrogen and oxygen atoms in total. The van der Waals surface area contributed by atoms with E-state index in [0.29, 0.717) is 44.9 Å². The number of nitrogens with one attached hydrogen (secondary N) is 1. The molecule has 1 heterocycles. The van der Waals surface area contributed by atoms with Gasteiger partial charge in [-0.2, -0.15) is 0 Å². The van der Waals surface area contributed by atoms with E-state index in [1.54, 1.807) is 38.6 Å². The van der Waals surface area contributed by atoms with Crippen LogP contribution in [0, 0.1) is 6.92 Å². The van der Waals surface area contributed by atoms with Crippen LogP contribution in [0.3, 0.4) is 0 Å². The maximum absolute atomic E-state index is 13.7. The molecule has 1 aromatic heterocycles. The summed E-state index contributed by atoms with van der Waals surface area (Å²) in [6.07, 6.45) is 0. The predicted molar refractivity (Wildman–Crippen MR) is 118 cm³/mol. The highest BCUT2D eigenvalue weighted by molar-refractivity contribution is 7.70. The van der Waals surface area contributed by atoms with Gasteiger partial charge in [0.2, 0.25) is 5.75 Å². The fourth-order valence-corrected chi connectivity index (χ4v) is 4.72. The number of rotatable bonds is 7. The molecule has 0 fully saturated rings. The minimum Gasteiger partial charge on any atom is -0.496 e. The van der Waals surface area contributed by atoms with Crippen molar-refractivity contribution in [1.82, 2.24) is 4.98 Å². The Hall–Kier alpha value is -2.92. The summed E-state index contributed by atoms with van der Waals surface area (Å²) in [5.74, 6) is 1.53. The molecule has 30 heavy (non-hydrogen) atoms. The third kappa shape index (κ3) is 3.54. The number of hydrogen-bond acceptors (Lipinski definition) is 6. The highest BCUT2D eigenvalue weighted by atomic mass is 31.2. The number of carbonyl (C=O) groups is 1. The number of carbonyl (C=O) groups excluding carboxylic acids is 1. The minimum absolute atomic E-state index is 0.288. The summed E-state index contributed by atoms with van der Waals surface area (Å²) in [4.78, 5) is 16.9. The number of methoxy groups -OCH3 is 4. The topological polar surface area (TPSA) is 86.9 Å². The van der Waals surface area contributed by atoms with E-state index in [9.17, 15) is 9.36 Å². The molecule has 0 spiro atoms. The van der Waals surface area contributed by atoms with Crippen molar-refractivity contribution in [3.63, 3.8) is 0 Å². The van der Waals surface area contributed by atoms with Crippen LogP contribution in [0.2, 0.25) is 0 Å². The van der Waals surface area contributed by atoms with Crippen molar-refractivity contribution in [2.45, 2.75) is 6.92 Å². The first-order chi connectivity index (χ1) is 14.2. The molecule has 8 heteroatoms. The average Bonchev–Trinajstić information content (AvgIpc) is 3.13. The summed E-state index contributed by atoms with van der Waals surface area (Å²) in [5.41, 5.74) is 2.71. The smallest absolute Gasteiger partial charge is 0.203 e. The molecule has 3 aromatic rings. The van der Waals surface area contributed by atoms with Crippen LogP contribution in [-0.2, 0) is 4.57 Å².